The smallest absolute Gasteiger partial charge is 0.272 e. The van der Waals surface area contributed by atoms with E-state index in [0.29, 0.717) is 27.5 Å². The van der Waals surface area contributed by atoms with Crippen LogP contribution in [0.25, 0.3) is 22.2 Å². The molecule has 1 saturated heterocycles. The van der Waals surface area contributed by atoms with E-state index < -0.39 is 0 Å². The first-order valence-electron chi connectivity index (χ1n) is 17.8. The van der Waals surface area contributed by atoms with Crippen LogP contribution in [0, 0.1) is 13.8 Å². The number of anilines is 2. The van der Waals surface area contributed by atoms with Crippen molar-refractivity contribution in [1.82, 2.24) is 29.6 Å². The number of benzene rings is 3. The van der Waals surface area contributed by atoms with Gasteiger partial charge in [-0.15, -0.1) is 10.2 Å². The van der Waals surface area contributed by atoms with Crippen LogP contribution in [-0.2, 0) is 0 Å². The number of nitrogens with one attached hydrogen (secondary N) is 2. The molecule has 1 unspecified atom stereocenters. The van der Waals surface area contributed by atoms with Crippen LogP contribution in [-0.4, -0.2) is 48.6 Å². The number of aryl methyl sites for hydroxylation is 2. The molecule has 3 aromatic heterocycles. The number of fused-ring (bicyclic) bond motifs is 1. The number of hydrogen-bond acceptors (Lipinski definition) is 6. The van der Waals surface area contributed by atoms with E-state index >= 15 is 0 Å². The summed E-state index contributed by atoms with van der Waals surface area (Å²) in [7, 11) is 0. The second kappa shape index (κ2) is 15.3. The molecule has 3 aromatic carbocycles. The summed E-state index contributed by atoms with van der Waals surface area (Å²) >= 11 is 12.8. The van der Waals surface area contributed by atoms with Gasteiger partial charge in [0.2, 0.25) is 0 Å². The Morgan fingerprint density at radius 1 is 0.962 bits per heavy atom. The zero-order valence-corrected chi connectivity index (χ0v) is 31.8. The minimum atomic E-state index is -0.297. The fourth-order valence-electron chi connectivity index (χ4n) is 7.54. The van der Waals surface area contributed by atoms with Crippen LogP contribution in [0.2, 0.25) is 10.0 Å². The monoisotopic (exact) mass is 744 g/mol. The number of piperidine rings is 1. The molecule has 0 spiro atoms. The van der Waals surface area contributed by atoms with Crippen molar-refractivity contribution in [1.29, 1.82) is 0 Å². The van der Waals surface area contributed by atoms with Crippen LogP contribution in [0.1, 0.15) is 77.6 Å². The molecule has 1 aliphatic heterocycles. The van der Waals surface area contributed by atoms with Gasteiger partial charge in [-0.25, -0.2) is 4.98 Å². The lowest BCUT2D eigenvalue weighted by Crippen LogP contribution is -2.36. The van der Waals surface area contributed by atoms with Gasteiger partial charge in [0.15, 0.2) is 5.82 Å². The fraction of sp³-hybridized carbons (Fsp3) is 0.238. The quantitative estimate of drug-likeness (QED) is 0.145. The first-order valence-corrected chi connectivity index (χ1v) is 18.5. The van der Waals surface area contributed by atoms with Crippen molar-refractivity contribution in [3.05, 3.63) is 148 Å². The third-order valence-corrected chi connectivity index (χ3v) is 10.7. The number of aromatic nitrogens is 5. The highest BCUT2D eigenvalue weighted by Gasteiger charge is 2.30. The van der Waals surface area contributed by atoms with Crippen molar-refractivity contribution in [3.8, 4) is 0 Å². The van der Waals surface area contributed by atoms with Crippen molar-refractivity contribution in [2.45, 2.75) is 52.6 Å². The Morgan fingerprint density at radius 2 is 1.64 bits per heavy atom. The summed E-state index contributed by atoms with van der Waals surface area (Å²) in [6, 6.07) is 27.6. The Kier molecular flexibility index (Phi) is 10.4. The van der Waals surface area contributed by atoms with Gasteiger partial charge in [-0.1, -0.05) is 78.3 Å². The van der Waals surface area contributed by atoms with E-state index in [1.807, 2.05) is 92.8 Å². The van der Waals surface area contributed by atoms with Crippen LogP contribution in [0.3, 0.4) is 0 Å². The van der Waals surface area contributed by atoms with Crippen molar-refractivity contribution in [3.63, 3.8) is 0 Å². The number of amides is 1. The van der Waals surface area contributed by atoms with Gasteiger partial charge in [0.1, 0.15) is 17.3 Å². The van der Waals surface area contributed by atoms with Gasteiger partial charge in [-0.3, -0.25) is 4.79 Å². The van der Waals surface area contributed by atoms with E-state index in [9.17, 15) is 4.79 Å². The maximum absolute atomic E-state index is 14.7. The molecule has 11 heteroatoms. The third-order valence-electron chi connectivity index (χ3n) is 10.2. The third kappa shape index (κ3) is 7.19. The Morgan fingerprint density at radius 3 is 2.32 bits per heavy atom. The SMILES string of the molecule is C=CN(/C(=C(\C)c1ccccc1)c1c(C(=O)Nc2cccnc2N2CCC(n3c(C)nnc3C)CC2)[nH]c2cc(Cl)ccc12)C(C)c1ccc(Cl)cc1. The summed E-state index contributed by atoms with van der Waals surface area (Å²) in [5.74, 6) is 2.29. The molecule has 2 N–H and O–H groups in total. The molecular formula is C42H42Cl2N8O. The summed E-state index contributed by atoms with van der Waals surface area (Å²) in [6.45, 7) is 14.0. The van der Waals surface area contributed by atoms with Crippen LogP contribution in [0.4, 0.5) is 11.5 Å². The normalized spacial score (nSPS) is 14.6. The average Bonchev–Trinajstić information content (AvgIpc) is 3.72. The Balaban J connectivity index is 1.30. The Hall–Kier alpha value is -5.38. The average molecular weight is 746 g/mol. The Labute approximate surface area is 320 Å². The van der Waals surface area contributed by atoms with Crippen LogP contribution in [0.15, 0.2) is 104 Å². The number of halogens is 2. The summed E-state index contributed by atoms with van der Waals surface area (Å²) in [5, 5.41) is 13.9. The van der Waals surface area contributed by atoms with Crippen molar-refractivity contribution < 1.29 is 4.79 Å². The van der Waals surface area contributed by atoms with E-state index in [4.69, 9.17) is 28.2 Å². The predicted molar refractivity (Wildman–Crippen MR) is 216 cm³/mol. The molecule has 0 aliphatic carbocycles. The standard InChI is InChI=1S/C42H42Cl2N8O/c1-6-51(27(3)31-14-16-32(43)17-15-31)40(26(2)30-11-8-7-9-12-30)38-35-19-18-33(44)25-37(35)46-39(38)42(53)47-36-13-10-22-45-41(36)50-23-20-34(21-24-50)52-28(4)48-49-29(52)5/h6-19,22,25,27,34,46H,1,20-21,23-24H2,2-5H3,(H,47,53)/b40-26+. The maximum Gasteiger partial charge on any atom is 0.272 e. The second-order valence-electron chi connectivity index (χ2n) is 13.4. The number of aromatic amines is 1. The predicted octanol–water partition coefficient (Wildman–Crippen LogP) is 10.3. The van der Waals surface area contributed by atoms with Crippen molar-refractivity contribution in [2.75, 3.05) is 23.3 Å². The van der Waals surface area contributed by atoms with Gasteiger partial charge in [-0.2, -0.15) is 0 Å². The van der Waals surface area contributed by atoms with Crippen LogP contribution < -0.4 is 10.2 Å². The number of pyridine rings is 1. The molecule has 9 nitrogen and oxygen atoms in total. The van der Waals surface area contributed by atoms with Gasteiger partial charge in [0, 0.05) is 51.8 Å². The zero-order valence-electron chi connectivity index (χ0n) is 30.3. The topological polar surface area (TPSA) is 95.0 Å². The molecule has 7 rings (SSSR count). The molecule has 0 radical (unpaired) electrons. The lowest BCUT2D eigenvalue weighted by atomic mass is 9.95. The number of hydrogen-bond donors (Lipinski definition) is 2. The first-order chi connectivity index (χ1) is 25.6. The lowest BCUT2D eigenvalue weighted by molar-refractivity contribution is 0.102. The van der Waals surface area contributed by atoms with Crippen LogP contribution in [0.5, 0.6) is 0 Å². The molecule has 1 atom stereocenters. The molecule has 6 aromatic rings. The molecule has 53 heavy (non-hydrogen) atoms. The van der Waals surface area contributed by atoms with Gasteiger partial charge in [0.25, 0.3) is 5.91 Å². The summed E-state index contributed by atoms with van der Waals surface area (Å²) in [5.41, 5.74) is 6.38. The van der Waals surface area contributed by atoms with Gasteiger partial charge in [0.05, 0.1) is 17.4 Å². The number of H-pyrrole nitrogens is 1. The highest BCUT2D eigenvalue weighted by molar-refractivity contribution is 6.31. The molecule has 1 amide bonds. The van der Waals surface area contributed by atoms with E-state index in [2.05, 4.69) is 67.4 Å². The summed E-state index contributed by atoms with van der Waals surface area (Å²) in [4.78, 5) is 27.3. The molecule has 1 fully saturated rings. The van der Waals surface area contributed by atoms with Gasteiger partial charge in [-0.05, 0) is 99.8 Å². The number of allylic oxidation sites excluding steroid dienone is 1. The lowest BCUT2D eigenvalue weighted by Gasteiger charge is -2.35. The molecule has 270 valence electrons. The molecule has 4 heterocycles. The summed E-state index contributed by atoms with van der Waals surface area (Å²) in [6.07, 6.45) is 5.41. The van der Waals surface area contributed by atoms with E-state index in [0.717, 1.165) is 82.3 Å². The number of nitrogens with zero attached hydrogens (tertiary/aromatic N) is 6. The fourth-order valence-corrected chi connectivity index (χ4v) is 7.84. The molecule has 1 aliphatic rings. The van der Waals surface area contributed by atoms with Gasteiger partial charge < -0.3 is 24.7 Å². The van der Waals surface area contributed by atoms with E-state index in [1.54, 1.807) is 6.20 Å². The largest absolute Gasteiger partial charge is 0.355 e. The molecule has 0 saturated carbocycles. The van der Waals surface area contributed by atoms with Gasteiger partial charge >= 0.3 is 0 Å². The highest BCUT2D eigenvalue weighted by atomic mass is 35.5. The number of rotatable bonds is 10. The second-order valence-corrected chi connectivity index (χ2v) is 14.3. The Bertz CT molecular complexity index is 2280. The number of carbonyl (C=O) groups excluding carboxylic acids is 1. The first kappa shape index (κ1) is 36.0. The minimum Gasteiger partial charge on any atom is -0.355 e. The van der Waals surface area contributed by atoms with E-state index in [-0.39, 0.29) is 11.9 Å². The number of carbonyl (C=O) groups is 1. The molecular weight excluding hydrogens is 703 g/mol. The summed E-state index contributed by atoms with van der Waals surface area (Å²) < 4.78 is 2.23. The van der Waals surface area contributed by atoms with Crippen molar-refractivity contribution in [2.24, 2.45) is 0 Å². The highest BCUT2D eigenvalue weighted by Crippen LogP contribution is 2.41. The maximum atomic E-state index is 14.7. The zero-order chi connectivity index (χ0) is 37.2. The van der Waals surface area contributed by atoms with E-state index in [1.165, 1.54) is 0 Å². The minimum absolute atomic E-state index is 0.162. The van der Waals surface area contributed by atoms with Crippen LogP contribution >= 0.6 is 23.2 Å². The van der Waals surface area contributed by atoms with Crippen molar-refractivity contribution >= 4 is 62.8 Å². The molecule has 0 bridgehead atoms.